The minimum absolute atomic E-state index is 0.129. The lowest BCUT2D eigenvalue weighted by molar-refractivity contribution is -0.156. The molecule has 32 heavy (non-hydrogen) atoms. The van der Waals surface area contributed by atoms with E-state index in [9.17, 15) is 19.5 Å². The maximum atomic E-state index is 13.9. The van der Waals surface area contributed by atoms with Crippen LogP contribution in [0.5, 0.6) is 0 Å². The Morgan fingerprint density at radius 1 is 1.38 bits per heavy atom. The second-order valence-electron chi connectivity index (χ2n) is 9.06. The number of fused-ring (bicyclic) bond motifs is 1. The Morgan fingerprint density at radius 2 is 2.06 bits per heavy atom. The van der Waals surface area contributed by atoms with Crippen molar-refractivity contribution in [1.29, 1.82) is 0 Å². The molecular formula is C23H33BrN2O6. The summed E-state index contributed by atoms with van der Waals surface area (Å²) >= 11 is 3.62. The molecule has 2 bridgehead atoms. The molecule has 3 fully saturated rings. The number of alkyl halides is 1. The summed E-state index contributed by atoms with van der Waals surface area (Å²) in [6.45, 7) is 13.0. The molecule has 3 aliphatic rings. The van der Waals surface area contributed by atoms with Crippen molar-refractivity contribution in [2.24, 2.45) is 11.8 Å². The number of hydrogen-bond acceptors (Lipinski definition) is 6. The second kappa shape index (κ2) is 9.65. The summed E-state index contributed by atoms with van der Waals surface area (Å²) in [6, 6.07) is -1.68. The van der Waals surface area contributed by atoms with Gasteiger partial charge in [-0.15, -0.1) is 13.2 Å². The average molecular weight is 513 g/mol. The van der Waals surface area contributed by atoms with Gasteiger partial charge in [0.25, 0.3) is 0 Å². The third kappa shape index (κ3) is 3.82. The van der Waals surface area contributed by atoms with Gasteiger partial charge in [0.15, 0.2) is 0 Å². The number of hydrogen-bond donors (Lipinski definition) is 1. The molecule has 0 aromatic heterocycles. The first-order valence-corrected chi connectivity index (χ1v) is 12.0. The van der Waals surface area contributed by atoms with E-state index < -0.39 is 41.6 Å². The minimum atomic E-state index is -1.16. The Hall–Kier alpha value is -1.71. The van der Waals surface area contributed by atoms with Crippen LogP contribution in [-0.2, 0) is 23.9 Å². The fourth-order valence-corrected chi connectivity index (χ4v) is 6.31. The summed E-state index contributed by atoms with van der Waals surface area (Å²) in [7, 11) is 0. The number of likely N-dealkylation sites (tertiary alicyclic amines) is 1. The fourth-order valence-electron chi connectivity index (χ4n) is 5.37. The molecule has 178 valence electrons. The molecule has 3 rings (SSSR count). The molecule has 3 saturated heterocycles. The Kier molecular flexibility index (Phi) is 7.51. The minimum Gasteiger partial charge on any atom is -0.465 e. The lowest BCUT2D eigenvalue weighted by Crippen LogP contribution is -2.59. The Labute approximate surface area is 197 Å². The molecule has 8 nitrogen and oxygen atoms in total. The second-order valence-corrected chi connectivity index (χ2v) is 10.2. The van der Waals surface area contributed by atoms with Gasteiger partial charge in [-0.1, -0.05) is 28.1 Å². The highest BCUT2D eigenvalue weighted by Crippen LogP contribution is 2.60. The molecule has 2 amide bonds. The molecule has 3 heterocycles. The predicted molar refractivity (Wildman–Crippen MR) is 122 cm³/mol. The number of rotatable bonds is 10. The first kappa shape index (κ1) is 24.9. The molecule has 0 aromatic rings. The van der Waals surface area contributed by atoms with E-state index in [1.54, 1.807) is 24.0 Å². The van der Waals surface area contributed by atoms with E-state index >= 15 is 0 Å². The van der Waals surface area contributed by atoms with Gasteiger partial charge in [-0.05, 0) is 33.6 Å². The quantitative estimate of drug-likeness (QED) is 0.207. The number of halogens is 1. The first-order chi connectivity index (χ1) is 15.2. The van der Waals surface area contributed by atoms with Crippen molar-refractivity contribution in [3.05, 3.63) is 25.3 Å². The van der Waals surface area contributed by atoms with Crippen molar-refractivity contribution in [2.45, 2.75) is 68.3 Å². The molecule has 0 aliphatic carbocycles. The molecule has 0 saturated carbocycles. The maximum absolute atomic E-state index is 13.9. The van der Waals surface area contributed by atoms with Gasteiger partial charge in [0, 0.05) is 17.4 Å². The van der Waals surface area contributed by atoms with Crippen LogP contribution in [0.4, 0.5) is 0 Å². The molecule has 9 heteroatoms. The summed E-state index contributed by atoms with van der Waals surface area (Å²) in [5.74, 6) is -2.77. The molecule has 1 N–H and O–H groups in total. The highest BCUT2D eigenvalue weighted by molar-refractivity contribution is 9.09. The maximum Gasteiger partial charge on any atom is 0.312 e. The van der Waals surface area contributed by atoms with E-state index in [-0.39, 0.29) is 35.9 Å². The number of esters is 1. The Balaban J connectivity index is 2.05. The molecule has 7 atom stereocenters. The SMILES string of the molecule is C=CCCOC(=O)[C@H]1[C@H]2C(=O)N([C@H](C)CO)C(C(=O)N(CC=C)C(C)C)C23CC(Br)[C@@H]1O3. The van der Waals surface area contributed by atoms with Crippen LogP contribution >= 0.6 is 15.9 Å². The fraction of sp³-hybridized carbons (Fsp3) is 0.696. The summed E-state index contributed by atoms with van der Waals surface area (Å²) in [5.41, 5.74) is -1.16. The molecule has 1 spiro atoms. The number of aliphatic hydroxyl groups excluding tert-OH is 1. The third-order valence-corrected chi connectivity index (χ3v) is 7.62. The van der Waals surface area contributed by atoms with E-state index in [1.165, 1.54) is 4.90 Å². The Bertz CT molecular complexity index is 788. The van der Waals surface area contributed by atoms with Gasteiger partial charge in [-0.2, -0.15) is 0 Å². The predicted octanol–water partition coefficient (Wildman–Crippen LogP) is 1.66. The van der Waals surface area contributed by atoms with Gasteiger partial charge in [0.1, 0.15) is 11.6 Å². The van der Waals surface area contributed by atoms with Crippen molar-refractivity contribution < 1.29 is 29.0 Å². The zero-order chi connectivity index (χ0) is 23.8. The van der Waals surface area contributed by atoms with Crippen molar-refractivity contribution in [3.63, 3.8) is 0 Å². The van der Waals surface area contributed by atoms with Crippen molar-refractivity contribution in [2.75, 3.05) is 19.8 Å². The van der Waals surface area contributed by atoms with Crippen LogP contribution in [0, 0.1) is 11.8 Å². The first-order valence-electron chi connectivity index (χ1n) is 11.1. The number of aliphatic hydroxyl groups is 1. The molecule has 3 aliphatic heterocycles. The lowest BCUT2D eigenvalue weighted by atomic mass is 9.70. The van der Waals surface area contributed by atoms with E-state index in [1.807, 2.05) is 13.8 Å². The molecule has 0 radical (unpaired) electrons. The van der Waals surface area contributed by atoms with Gasteiger partial charge in [0.05, 0.1) is 37.2 Å². The summed E-state index contributed by atoms with van der Waals surface area (Å²) in [6.07, 6.45) is 3.65. The molecule has 0 aromatic carbocycles. The smallest absolute Gasteiger partial charge is 0.312 e. The zero-order valence-electron chi connectivity index (χ0n) is 18.9. The monoisotopic (exact) mass is 512 g/mol. The van der Waals surface area contributed by atoms with Crippen LogP contribution < -0.4 is 0 Å². The molecule has 3 unspecified atom stereocenters. The normalized spacial score (nSPS) is 33.9. The summed E-state index contributed by atoms with van der Waals surface area (Å²) in [4.78, 5) is 43.4. The topological polar surface area (TPSA) is 96.4 Å². The number of nitrogens with zero attached hydrogens (tertiary/aromatic N) is 2. The molecular weight excluding hydrogens is 480 g/mol. The Morgan fingerprint density at radius 3 is 2.62 bits per heavy atom. The van der Waals surface area contributed by atoms with Crippen molar-refractivity contribution in [1.82, 2.24) is 9.80 Å². The number of ether oxygens (including phenoxy) is 2. The number of amides is 2. The lowest BCUT2D eigenvalue weighted by Gasteiger charge is -2.39. The van der Waals surface area contributed by atoms with Crippen molar-refractivity contribution in [3.8, 4) is 0 Å². The van der Waals surface area contributed by atoms with Crippen LogP contribution in [0.1, 0.15) is 33.6 Å². The highest BCUT2D eigenvalue weighted by atomic mass is 79.9. The van der Waals surface area contributed by atoms with Gasteiger partial charge in [-0.3, -0.25) is 14.4 Å². The van der Waals surface area contributed by atoms with Crippen molar-refractivity contribution >= 4 is 33.7 Å². The van der Waals surface area contributed by atoms with E-state index in [2.05, 4.69) is 29.1 Å². The van der Waals surface area contributed by atoms with Gasteiger partial charge >= 0.3 is 5.97 Å². The van der Waals surface area contributed by atoms with Gasteiger partial charge in [0.2, 0.25) is 11.8 Å². The van der Waals surface area contributed by atoms with E-state index in [0.29, 0.717) is 19.4 Å². The van der Waals surface area contributed by atoms with Crippen LogP contribution in [-0.4, -0.2) is 87.1 Å². The van der Waals surface area contributed by atoms with Crippen LogP contribution in [0.3, 0.4) is 0 Å². The van der Waals surface area contributed by atoms with Gasteiger partial charge in [-0.25, -0.2) is 0 Å². The summed E-state index contributed by atoms with van der Waals surface area (Å²) < 4.78 is 11.8. The van der Waals surface area contributed by atoms with E-state index in [4.69, 9.17) is 9.47 Å². The van der Waals surface area contributed by atoms with Crippen LogP contribution in [0.25, 0.3) is 0 Å². The van der Waals surface area contributed by atoms with Crippen LogP contribution in [0.15, 0.2) is 25.3 Å². The number of carbonyl (C=O) groups excluding carboxylic acids is 3. The average Bonchev–Trinajstić information content (AvgIpc) is 3.34. The van der Waals surface area contributed by atoms with Crippen LogP contribution in [0.2, 0.25) is 0 Å². The zero-order valence-corrected chi connectivity index (χ0v) is 20.5. The standard InChI is InChI=1S/C23H33BrN2O6/c1-6-8-10-31-22(30)16-17-20(28)26(14(5)12-27)19(21(29)25(9-7-2)13(3)4)23(17)11-15(24)18(16)32-23/h6-7,13-19,27H,1-2,8-12H2,3-5H3/t14-,15?,16+,17+,18+,19?,23?/m1/s1. The summed E-state index contributed by atoms with van der Waals surface area (Å²) in [5, 5.41) is 9.88. The van der Waals surface area contributed by atoms with E-state index in [0.717, 1.165) is 0 Å². The number of carbonyl (C=O) groups is 3. The third-order valence-electron chi connectivity index (χ3n) is 6.77. The van der Waals surface area contributed by atoms with Gasteiger partial charge < -0.3 is 24.4 Å². The largest absolute Gasteiger partial charge is 0.465 e. The highest BCUT2D eigenvalue weighted by Gasteiger charge is 2.77.